The summed E-state index contributed by atoms with van der Waals surface area (Å²) in [6, 6.07) is 12.2. The van der Waals surface area contributed by atoms with E-state index in [9.17, 15) is 0 Å². The molecule has 26 heavy (non-hydrogen) atoms. The first-order chi connectivity index (χ1) is 12.7. The summed E-state index contributed by atoms with van der Waals surface area (Å²) in [5.74, 6) is 0.971. The molecule has 1 saturated heterocycles. The minimum absolute atomic E-state index is 0.844. The van der Waals surface area contributed by atoms with Gasteiger partial charge in [-0.1, -0.05) is 12.1 Å². The predicted molar refractivity (Wildman–Crippen MR) is 103 cm³/mol. The highest BCUT2D eigenvalue weighted by Crippen LogP contribution is 2.17. The highest BCUT2D eigenvalue weighted by atomic mass is 15.3. The molecule has 0 unspecified atom stereocenters. The topological polar surface area (TPSA) is 58.0 Å². The van der Waals surface area contributed by atoms with E-state index in [1.54, 1.807) is 0 Å². The fourth-order valence-corrected chi connectivity index (χ4v) is 3.41. The minimum Gasteiger partial charge on any atom is -0.354 e. The van der Waals surface area contributed by atoms with Crippen molar-refractivity contribution in [3.63, 3.8) is 0 Å². The molecule has 0 aliphatic carbocycles. The smallest absolute Gasteiger partial charge is 0.151 e. The van der Waals surface area contributed by atoms with Gasteiger partial charge in [-0.3, -0.25) is 4.90 Å². The van der Waals surface area contributed by atoms with Gasteiger partial charge in [0.25, 0.3) is 0 Å². The molecule has 134 valence electrons. The number of aromatic nitrogens is 4. The molecule has 0 radical (unpaired) electrons. The lowest BCUT2D eigenvalue weighted by Crippen LogP contribution is -2.31. The molecule has 0 N–H and O–H groups in total. The van der Waals surface area contributed by atoms with Crippen molar-refractivity contribution in [3.8, 4) is 0 Å². The summed E-state index contributed by atoms with van der Waals surface area (Å²) < 4.78 is 0. The average molecular weight is 348 g/mol. The largest absolute Gasteiger partial charge is 0.354 e. The molecule has 1 aliphatic rings. The second kappa shape index (κ2) is 7.33. The fourth-order valence-electron chi connectivity index (χ4n) is 3.41. The third-order valence-corrected chi connectivity index (χ3v) is 4.91. The number of hydrogen-bond acceptors (Lipinski definition) is 6. The molecule has 6 heteroatoms. The summed E-state index contributed by atoms with van der Waals surface area (Å²) in [5, 5.41) is 8.52. The van der Waals surface area contributed by atoms with Crippen LogP contribution in [-0.4, -0.2) is 51.2 Å². The van der Waals surface area contributed by atoms with E-state index in [1.807, 2.05) is 37.3 Å². The van der Waals surface area contributed by atoms with E-state index >= 15 is 0 Å². The summed E-state index contributed by atoms with van der Waals surface area (Å²) in [6.45, 7) is 8.88. The van der Waals surface area contributed by atoms with E-state index in [2.05, 4.69) is 33.0 Å². The molecule has 1 aliphatic heterocycles. The lowest BCUT2D eigenvalue weighted by Gasteiger charge is -2.22. The van der Waals surface area contributed by atoms with Gasteiger partial charge in [-0.2, -0.15) is 5.10 Å². The zero-order chi connectivity index (χ0) is 17.9. The van der Waals surface area contributed by atoms with Crippen molar-refractivity contribution in [1.29, 1.82) is 0 Å². The Hall–Kier alpha value is -2.60. The van der Waals surface area contributed by atoms with Gasteiger partial charge in [0.2, 0.25) is 0 Å². The van der Waals surface area contributed by atoms with Gasteiger partial charge < -0.3 is 4.90 Å². The SMILES string of the molecule is Cc1ccc(N2CCCN(Cc3nc4ccccc4nc3C)CC2)nn1. The Morgan fingerprint density at radius 3 is 2.42 bits per heavy atom. The maximum Gasteiger partial charge on any atom is 0.151 e. The van der Waals surface area contributed by atoms with Crippen LogP contribution in [0, 0.1) is 13.8 Å². The Labute approximate surface area is 153 Å². The molecule has 2 aromatic heterocycles. The highest BCUT2D eigenvalue weighted by Gasteiger charge is 2.18. The third kappa shape index (κ3) is 3.65. The van der Waals surface area contributed by atoms with Gasteiger partial charge in [0.1, 0.15) is 0 Å². The van der Waals surface area contributed by atoms with Gasteiger partial charge in [-0.05, 0) is 44.5 Å². The van der Waals surface area contributed by atoms with Crippen LogP contribution < -0.4 is 4.90 Å². The van der Waals surface area contributed by atoms with E-state index in [0.29, 0.717) is 0 Å². The normalized spacial score (nSPS) is 16.0. The fraction of sp³-hybridized carbons (Fsp3) is 0.400. The molecule has 0 spiro atoms. The second-order valence-corrected chi connectivity index (χ2v) is 6.89. The number of nitrogens with zero attached hydrogens (tertiary/aromatic N) is 6. The van der Waals surface area contributed by atoms with Crippen LogP contribution in [0.15, 0.2) is 36.4 Å². The Kier molecular flexibility index (Phi) is 4.75. The number of aryl methyl sites for hydroxylation is 2. The van der Waals surface area contributed by atoms with E-state index < -0.39 is 0 Å². The maximum atomic E-state index is 4.85. The molecule has 3 heterocycles. The Morgan fingerprint density at radius 1 is 0.846 bits per heavy atom. The van der Waals surface area contributed by atoms with Crippen LogP contribution >= 0.6 is 0 Å². The van der Waals surface area contributed by atoms with Crippen LogP contribution in [0.4, 0.5) is 5.82 Å². The standard InChI is InChI=1S/C20H24N6/c1-15-8-9-20(24-23-15)26-11-5-10-25(12-13-26)14-19-16(2)21-17-6-3-4-7-18(17)22-19/h3-4,6-9H,5,10-14H2,1-2H3. The van der Waals surface area contributed by atoms with E-state index in [-0.39, 0.29) is 0 Å². The van der Waals surface area contributed by atoms with Crippen molar-refractivity contribution in [2.24, 2.45) is 0 Å². The summed E-state index contributed by atoms with van der Waals surface area (Å²) >= 11 is 0. The minimum atomic E-state index is 0.844. The van der Waals surface area contributed by atoms with Crippen molar-refractivity contribution in [3.05, 3.63) is 53.5 Å². The Morgan fingerprint density at radius 2 is 1.65 bits per heavy atom. The monoisotopic (exact) mass is 348 g/mol. The molecule has 0 amide bonds. The number of benzene rings is 1. The molecule has 0 bridgehead atoms. The second-order valence-electron chi connectivity index (χ2n) is 6.89. The summed E-state index contributed by atoms with van der Waals surface area (Å²) in [4.78, 5) is 14.4. The molecule has 0 saturated carbocycles. The summed E-state index contributed by atoms with van der Waals surface area (Å²) in [6.07, 6.45) is 1.11. The van der Waals surface area contributed by atoms with Crippen molar-refractivity contribution in [1.82, 2.24) is 25.1 Å². The summed E-state index contributed by atoms with van der Waals surface area (Å²) in [7, 11) is 0. The van der Waals surface area contributed by atoms with Crippen molar-refractivity contribution >= 4 is 16.9 Å². The van der Waals surface area contributed by atoms with E-state index in [1.165, 1.54) is 0 Å². The van der Waals surface area contributed by atoms with Crippen LogP contribution in [-0.2, 0) is 6.54 Å². The first kappa shape index (κ1) is 16.8. The van der Waals surface area contributed by atoms with Crippen LogP contribution in [0.2, 0.25) is 0 Å². The molecule has 3 aromatic rings. The lowest BCUT2D eigenvalue weighted by molar-refractivity contribution is 0.281. The number of anilines is 1. The van der Waals surface area contributed by atoms with E-state index in [4.69, 9.17) is 9.97 Å². The zero-order valence-corrected chi connectivity index (χ0v) is 15.4. The summed E-state index contributed by atoms with van der Waals surface area (Å²) in [5.41, 5.74) is 4.99. The van der Waals surface area contributed by atoms with E-state index in [0.717, 1.165) is 73.1 Å². The van der Waals surface area contributed by atoms with Crippen LogP contribution in [0.25, 0.3) is 11.0 Å². The molecule has 1 fully saturated rings. The zero-order valence-electron chi connectivity index (χ0n) is 15.4. The van der Waals surface area contributed by atoms with Gasteiger partial charge in [-0.25, -0.2) is 9.97 Å². The number of rotatable bonds is 3. The van der Waals surface area contributed by atoms with Crippen LogP contribution in [0.5, 0.6) is 0 Å². The first-order valence-electron chi connectivity index (χ1n) is 9.19. The van der Waals surface area contributed by atoms with Crippen molar-refractivity contribution in [2.45, 2.75) is 26.8 Å². The van der Waals surface area contributed by atoms with Gasteiger partial charge in [0.05, 0.1) is 28.1 Å². The molecule has 4 rings (SSSR count). The molecule has 6 nitrogen and oxygen atoms in total. The average Bonchev–Trinajstić information content (AvgIpc) is 2.89. The molecular weight excluding hydrogens is 324 g/mol. The maximum absolute atomic E-state index is 4.85. The first-order valence-corrected chi connectivity index (χ1v) is 9.19. The number of fused-ring (bicyclic) bond motifs is 1. The number of hydrogen-bond donors (Lipinski definition) is 0. The van der Waals surface area contributed by atoms with Crippen molar-refractivity contribution < 1.29 is 0 Å². The van der Waals surface area contributed by atoms with Gasteiger partial charge in [0.15, 0.2) is 5.82 Å². The quantitative estimate of drug-likeness (QED) is 0.725. The molecular formula is C20H24N6. The Balaban J connectivity index is 1.46. The highest BCUT2D eigenvalue weighted by molar-refractivity contribution is 5.74. The molecule has 1 aromatic carbocycles. The van der Waals surface area contributed by atoms with Crippen LogP contribution in [0.3, 0.4) is 0 Å². The van der Waals surface area contributed by atoms with Gasteiger partial charge in [0, 0.05) is 32.7 Å². The van der Waals surface area contributed by atoms with Gasteiger partial charge >= 0.3 is 0 Å². The van der Waals surface area contributed by atoms with Gasteiger partial charge in [-0.15, -0.1) is 5.10 Å². The van der Waals surface area contributed by atoms with Crippen molar-refractivity contribution in [2.75, 3.05) is 31.1 Å². The number of para-hydroxylation sites is 2. The predicted octanol–water partition coefficient (Wildman–Crippen LogP) is 2.75. The van der Waals surface area contributed by atoms with Crippen LogP contribution in [0.1, 0.15) is 23.5 Å². The Bertz CT molecular complexity index is 892. The molecule has 0 atom stereocenters. The third-order valence-electron chi connectivity index (χ3n) is 4.91. The lowest BCUT2D eigenvalue weighted by atomic mass is 10.2.